The van der Waals surface area contributed by atoms with Crippen LogP contribution in [0.2, 0.25) is 0 Å². The van der Waals surface area contributed by atoms with Gasteiger partial charge in [-0.25, -0.2) is 13.1 Å². The Morgan fingerprint density at radius 1 is 1.09 bits per heavy atom. The van der Waals surface area contributed by atoms with Gasteiger partial charge in [0.1, 0.15) is 0 Å². The van der Waals surface area contributed by atoms with E-state index in [1.165, 1.54) is 24.3 Å². The van der Waals surface area contributed by atoms with Gasteiger partial charge in [-0.2, -0.15) is 0 Å². The van der Waals surface area contributed by atoms with E-state index >= 15 is 0 Å². The third kappa shape index (κ3) is 3.49. The van der Waals surface area contributed by atoms with Crippen molar-refractivity contribution in [2.75, 3.05) is 0 Å². The second-order valence-corrected chi connectivity index (χ2v) is 6.40. The van der Waals surface area contributed by atoms with E-state index in [4.69, 9.17) is 0 Å². The van der Waals surface area contributed by atoms with Gasteiger partial charge in [-0.15, -0.1) is 0 Å². The van der Waals surface area contributed by atoms with Crippen molar-refractivity contribution < 1.29 is 13.3 Å². The molecule has 0 aliphatic rings. The Balaban J connectivity index is 2.37. The predicted molar refractivity (Wildman–Crippen MR) is 82.9 cm³/mol. The van der Waals surface area contributed by atoms with Crippen LogP contribution in [0.3, 0.4) is 0 Å². The summed E-state index contributed by atoms with van der Waals surface area (Å²) in [4.78, 5) is 9.99. The van der Waals surface area contributed by atoms with E-state index in [0.717, 1.165) is 5.56 Å². The fourth-order valence-electron chi connectivity index (χ4n) is 2.16. The van der Waals surface area contributed by atoms with Gasteiger partial charge in [-0.1, -0.05) is 49.4 Å². The maximum absolute atomic E-state index is 12.5. The molecule has 116 valence electrons. The average Bonchev–Trinajstić information content (AvgIpc) is 2.53. The Labute approximate surface area is 129 Å². The number of sulfonamides is 1. The first-order chi connectivity index (χ1) is 10.5. The van der Waals surface area contributed by atoms with Crippen LogP contribution in [0.1, 0.15) is 24.9 Å². The number of hydrogen-bond donors (Lipinski definition) is 1. The quantitative estimate of drug-likeness (QED) is 0.654. The molecule has 0 amide bonds. The Kier molecular flexibility index (Phi) is 4.89. The molecule has 0 saturated heterocycles. The summed E-state index contributed by atoms with van der Waals surface area (Å²) in [7, 11) is -3.99. The molecule has 0 heterocycles. The summed E-state index contributed by atoms with van der Waals surface area (Å²) in [5, 5.41) is 11.0. The molecule has 0 radical (unpaired) electrons. The van der Waals surface area contributed by atoms with Crippen molar-refractivity contribution in [1.29, 1.82) is 0 Å². The molecule has 7 heteroatoms. The highest BCUT2D eigenvalue weighted by atomic mass is 32.2. The molecule has 6 nitrogen and oxygen atoms in total. The van der Waals surface area contributed by atoms with Crippen LogP contribution in [0, 0.1) is 10.1 Å². The van der Waals surface area contributed by atoms with E-state index in [-0.39, 0.29) is 4.90 Å². The van der Waals surface area contributed by atoms with Gasteiger partial charge in [0, 0.05) is 12.1 Å². The standard InChI is InChI=1S/C15H16N2O4S/c1-2-13(12-8-4-3-5-9-12)16-22(20,21)15-11-7-6-10-14(15)17(18)19/h3-11,13,16H,2H2,1H3/t13-/m0/s1. The second kappa shape index (κ2) is 6.67. The third-order valence-electron chi connectivity index (χ3n) is 3.26. The van der Waals surface area contributed by atoms with E-state index in [2.05, 4.69) is 4.72 Å². The topological polar surface area (TPSA) is 89.3 Å². The molecular formula is C15H16N2O4S. The van der Waals surface area contributed by atoms with E-state index in [1.54, 1.807) is 0 Å². The number of benzene rings is 2. The molecule has 0 aliphatic heterocycles. The van der Waals surface area contributed by atoms with Gasteiger partial charge in [0.05, 0.1) is 4.92 Å². The van der Waals surface area contributed by atoms with Crippen molar-refractivity contribution in [2.45, 2.75) is 24.3 Å². The van der Waals surface area contributed by atoms with Crippen LogP contribution < -0.4 is 4.72 Å². The fraction of sp³-hybridized carbons (Fsp3) is 0.200. The van der Waals surface area contributed by atoms with Gasteiger partial charge in [0.25, 0.3) is 5.69 Å². The monoisotopic (exact) mass is 320 g/mol. The lowest BCUT2D eigenvalue weighted by atomic mass is 10.1. The molecule has 0 aliphatic carbocycles. The van der Waals surface area contributed by atoms with E-state index in [9.17, 15) is 18.5 Å². The highest BCUT2D eigenvalue weighted by molar-refractivity contribution is 7.89. The summed E-state index contributed by atoms with van der Waals surface area (Å²) in [6.45, 7) is 1.85. The predicted octanol–water partition coefficient (Wildman–Crippen LogP) is 3.02. The maximum Gasteiger partial charge on any atom is 0.289 e. The Morgan fingerprint density at radius 2 is 1.68 bits per heavy atom. The SMILES string of the molecule is CC[C@H](NS(=O)(=O)c1ccccc1[N+](=O)[O-])c1ccccc1. The van der Waals surface area contributed by atoms with E-state index in [0.29, 0.717) is 6.42 Å². The summed E-state index contributed by atoms with van der Waals surface area (Å²) in [5.41, 5.74) is 0.380. The minimum Gasteiger partial charge on any atom is -0.258 e. The van der Waals surface area contributed by atoms with Crippen molar-refractivity contribution in [2.24, 2.45) is 0 Å². The molecule has 0 saturated carbocycles. The van der Waals surface area contributed by atoms with E-state index < -0.39 is 26.7 Å². The van der Waals surface area contributed by atoms with Crippen molar-refractivity contribution in [3.63, 3.8) is 0 Å². The van der Waals surface area contributed by atoms with Crippen LogP contribution in [0.4, 0.5) is 5.69 Å². The number of nitro benzene ring substituents is 1. The number of rotatable bonds is 6. The summed E-state index contributed by atoms with van der Waals surface area (Å²) in [6, 6.07) is 14.0. The molecule has 2 rings (SSSR count). The Bertz CT molecular complexity index is 760. The lowest BCUT2D eigenvalue weighted by molar-refractivity contribution is -0.387. The summed E-state index contributed by atoms with van der Waals surface area (Å²) < 4.78 is 27.5. The van der Waals surface area contributed by atoms with Gasteiger partial charge >= 0.3 is 0 Å². The lowest BCUT2D eigenvalue weighted by Gasteiger charge is -2.17. The third-order valence-corrected chi connectivity index (χ3v) is 4.78. The van der Waals surface area contributed by atoms with Crippen LogP contribution in [-0.2, 0) is 10.0 Å². The molecule has 0 bridgehead atoms. The van der Waals surface area contributed by atoms with Crippen molar-refractivity contribution >= 4 is 15.7 Å². The van der Waals surface area contributed by atoms with Gasteiger partial charge in [-0.3, -0.25) is 10.1 Å². The van der Waals surface area contributed by atoms with E-state index in [1.807, 2.05) is 37.3 Å². The fourth-order valence-corrected chi connectivity index (χ4v) is 3.64. The zero-order valence-corrected chi connectivity index (χ0v) is 12.8. The smallest absolute Gasteiger partial charge is 0.258 e. The first-order valence-electron chi connectivity index (χ1n) is 6.76. The number of nitro groups is 1. The zero-order chi connectivity index (χ0) is 16.2. The highest BCUT2D eigenvalue weighted by Gasteiger charge is 2.27. The highest BCUT2D eigenvalue weighted by Crippen LogP contribution is 2.25. The largest absolute Gasteiger partial charge is 0.289 e. The molecule has 2 aromatic rings. The summed E-state index contributed by atoms with van der Waals surface area (Å²) in [6.07, 6.45) is 0.532. The molecular weight excluding hydrogens is 304 g/mol. The minimum absolute atomic E-state index is 0.325. The number of nitrogens with zero attached hydrogens (tertiary/aromatic N) is 1. The molecule has 0 unspecified atom stereocenters. The van der Waals surface area contributed by atoms with Crippen LogP contribution in [0.5, 0.6) is 0 Å². The van der Waals surface area contributed by atoms with Crippen LogP contribution in [0.25, 0.3) is 0 Å². The molecule has 1 atom stereocenters. The first-order valence-corrected chi connectivity index (χ1v) is 8.24. The minimum atomic E-state index is -3.99. The van der Waals surface area contributed by atoms with Gasteiger partial charge in [0.2, 0.25) is 10.0 Å². The van der Waals surface area contributed by atoms with Gasteiger partial charge in [-0.05, 0) is 18.1 Å². The summed E-state index contributed by atoms with van der Waals surface area (Å²) in [5.74, 6) is 0. The molecule has 2 aromatic carbocycles. The van der Waals surface area contributed by atoms with Gasteiger partial charge in [0.15, 0.2) is 4.90 Å². The molecule has 0 spiro atoms. The van der Waals surface area contributed by atoms with Gasteiger partial charge < -0.3 is 0 Å². The average molecular weight is 320 g/mol. The number of para-hydroxylation sites is 1. The van der Waals surface area contributed by atoms with Crippen LogP contribution in [-0.4, -0.2) is 13.3 Å². The lowest BCUT2D eigenvalue weighted by Crippen LogP contribution is -2.28. The first kappa shape index (κ1) is 16.1. The molecule has 22 heavy (non-hydrogen) atoms. The molecule has 1 N–H and O–H groups in total. The normalized spacial score (nSPS) is 12.8. The second-order valence-electron chi connectivity index (χ2n) is 4.72. The van der Waals surface area contributed by atoms with Crippen molar-refractivity contribution in [3.05, 3.63) is 70.3 Å². The molecule has 0 fully saturated rings. The molecule has 0 aromatic heterocycles. The van der Waals surface area contributed by atoms with Crippen molar-refractivity contribution in [1.82, 2.24) is 4.72 Å². The van der Waals surface area contributed by atoms with Crippen LogP contribution in [0.15, 0.2) is 59.5 Å². The number of hydrogen-bond acceptors (Lipinski definition) is 4. The Morgan fingerprint density at radius 3 is 2.27 bits per heavy atom. The summed E-state index contributed by atoms with van der Waals surface area (Å²) >= 11 is 0. The maximum atomic E-state index is 12.5. The number of nitrogens with one attached hydrogen (secondary N) is 1. The van der Waals surface area contributed by atoms with Crippen molar-refractivity contribution in [3.8, 4) is 0 Å². The van der Waals surface area contributed by atoms with Crippen LogP contribution >= 0.6 is 0 Å². The zero-order valence-electron chi connectivity index (χ0n) is 12.0. The Hall–Kier alpha value is -2.25.